The van der Waals surface area contributed by atoms with Crippen molar-refractivity contribution in [2.45, 2.75) is 20.0 Å². The Morgan fingerprint density at radius 2 is 2.00 bits per heavy atom. The van der Waals surface area contributed by atoms with Crippen molar-refractivity contribution in [2.24, 2.45) is 5.92 Å². The molecule has 1 heterocycles. The number of hydrogen-bond acceptors (Lipinski definition) is 1. The topological polar surface area (TPSA) is 3.24 Å². The maximum atomic E-state index is 3.84. The zero-order valence-electron chi connectivity index (χ0n) is 12.4. The van der Waals surface area contributed by atoms with Gasteiger partial charge in [-0.05, 0) is 5.92 Å². The lowest BCUT2D eigenvalue weighted by atomic mass is 10.1. The third-order valence-electron chi connectivity index (χ3n) is 4.02. The lowest BCUT2D eigenvalue weighted by Crippen LogP contribution is -2.40. The van der Waals surface area contributed by atoms with Gasteiger partial charge in [0.25, 0.3) is 0 Å². The van der Waals surface area contributed by atoms with Crippen molar-refractivity contribution in [2.75, 3.05) is 19.6 Å². The van der Waals surface area contributed by atoms with Crippen molar-refractivity contribution in [3.05, 3.63) is 54.3 Å². The Hall–Kier alpha value is -1.12. The van der Waals surface area contributed by atoms with Crippen LogP contribution in [0.25, 0.3) is 0 Å². The summed E-state index contributed by atoms with van der Waals surface area (Å²) in [4.78, 5) is 2.49. The summed E-state index contributed by atoms with van der Waals surface area (Å²) in [6.45, 7) is 14.4. The van der Waals surface area contributed by atoms with Gasteiger partial charge in [0, 0.05) is 19.6 Å². The van der Waals surface area contributed by atoms with Gasteiger partial charge < -0.3 is 0 Å². The number of benzene rings is 1. The summed E-state index contributed by atoms with van der Waals surface area (Å²) < 4.78 is 0. The largest absolute Gasteiger partial charge is 0.295 e. The van der Waals surface area contributed by atoms with E-state index < -0.39 is 8.07 Å². The Bertz CT molecular complexity index is 461. The molecule has 0 aromatic heterocycles. The van der Waals surface area contributed by atoms with E-state index in [1.165, 1.54) is 11.7 Å². The van der Waals surface area contributed by atoms with Gasteiger partial charge in [0.15, 0.2) is 0 Å². The van der Waals surface area contributed by atoms with Crippen LogP contribution in [0.3, 0.4) is 0 Å². The monoisotopic (exact) mass is 271 g/mol. The molecular weight excluding hydrogens is 246 g/mol. The molecule has 0 bridgehead atoms. The Balaban J connectivity index is 2.18. The fourth-order valence-corrected chi connectivity index (χ4v) is 5.43. The van der Waals surface area contributed by atoms with Gasteiger partial charge in [0.05, 0.1) is 0 Å². The van der Waals surface area contributed by atoms with Gasteiger partial charge in [0.2, 0.25) is 0 Å². The van der Waals surface area contributed by atoms with E-state index in [9.17, 15) is 0 Å². The standard InChI is InChI=1S/C17H25NSi/c1-5-11-18-12-15(2)16(13-18)14-19(3,4)17-9-7-6-8-10-17/h5-10,14-15H,1,11-13H2,2-4H3/b16-14-. The lowest BCUT2D eigenvalue weighted by molar-refractivity contribution is 0.365. The smallest absolute Gasteiger partial charge is 0.104 e. The molecule has 19 heavy (non-hydrogen) atoms. The van der Waals surface area contributed by atoms with E-state index in [2.05, 4.69) is 67.5 Å². The highest BCUT2D eigenvalue weighted by atomic mass is 28.3. The molecule has 1 atom stereocenters. The molecule has 0 amide bonds. The van der Waals surface area contributed by atoms with E-state index in [0.29, 0.717) is 5.92 Å². The number of rotatable bonds is 4. The van der Waals surface area contributed by atoms with Crippen LogP contribution in [0.4, 0.5) is 0 Å². The molecule has 1 aliphatic rings. The SMILES string of the molecule is C=CCN1C/C(=C/[Si](C)(C)c2ccccc2)C(C)C1. The first-order valence-electron chi connectivity index (χ1n) is 7.13. The van der Waals surface area contributed by atoms with Crippen LogP contribution in [0.15, 0.2) is 54.3 Å². The van der Waals surface area contributed by atoms with Crippen molar-refractivity contribution in [1.82, 2.24) is 4.90 Å². The first-order chi connectivity index (χ1) is 9.03. The van der Waals surface area contributed by atoms with Crippen LogP contribution in [0.2, 0.25) is 13.1 Å². The lowest BCUT2D eigenvalue weighted by Gasteiger charge is -2.20. The molecule has 0 N–H and O–H groups in total. The van der Waals surface area contributed by atoms with Gasteiger partial charge in [-0.25, -0.2) is 0 Å². The molecule has 0 aliphatic carbocycles. The predicted octanol–water partition coefficient (Wildman–Crippen LogP) is 3.21. The molecule has 1 unspecified atom stereocenters. The van der Waals surface area contributed by atoms with Crippen LogP contribution in [-0.4, -0.2) is 32.6 Å². The van der Waals surface area contributed by atoms with E-state index in [1.54, 1.807) is 5.57 Å². The Kier molecular flexibility index (Phi) is 4.43. The number of nitrogens with zero attached hydrogens (tertiary/aromatic N) is 1. The van der Waals surface area contributed by atoms with E-state index in [0.717, 1.165) is 13.1 Å². The third-order valence-corrected chi connectivity index (χ3v) is 6.94. The highest BCUT2D eigenvalue weighted by Crippen LogP contribution is 2.24. The summed E-state index contributed by atoms with van der Waals surface area (Å²) in [7, 11) is -1.45. The fraction of sp³-hybridized carbons (Fsp3) is 0.412. The van der Waals surface area contributed by atoms with Crippen molar-refractivity contribution < 1.29 is 0 Å². The summed E-state index contributed by atoms with van der Waals surface area (Å²) in [5.41, 5.74) is 4.23. The van der Waals surface area contributed by atoms with E-state index in [1.807, 2.05) is 6.08 Å². The molecule has 1 saturated heterocycles. The molecule has 2 heteroatoms. The van der Waals surface area contributed by atoms with Gasteiger partial charge in [0.1, 0.15) is 8.07 Å². The number of likely N-dealkylation sites (tertiary alicyclic amines) is 1. The van der Waals surface area contributed by atoms with E-state index >= 15 is 0 Å². The van der Waals surface area contributed by atoms with Gasteiger partial charge >= 0.3 is 0 Å². The third kappa shape index (κ3) is 3.46. The highest BCUT2D eigenvalue weighted by Gasteiger charge is 2.27. The maximum absolute atomic E-state index is 3.84. The second-order valence-corrected chi connectivity index (χ2v) is 10.5. The second kappa shape index (κ2) is 5.89. The van der Waals surface area contributed by atoms with Crippen molar-refractivity contribution >= 4 is 13.3 Å². The van der Waals surface area contributed by atoms with Crippen LogP contribution < -0.4 is 5.19 Å². The van der Waals surface area contributed by atoms with Crippen LogP contribution in [0.1, 0.15) is 6.92 Å². The molecular formula is C17H25NSi. The Labute approximate surface area is 118 Å². The molecule has 0 radical (unpaired) electrons. The first kappa shape index (κ1) is 14.3. The van der Waals surface area contributed by atoms with Crippen molar-refractivity contribution in [3.63, 3.8) is 0 Å². The van der Waals surface area contributed by atoms with Crippen LogP contribution in [0, 0.1) is 5.92 Å². The maximum Gasteiger partial charge on any atom is 0.104 e. The Morgan fingerprint density at radius 1 is 1.32 bits per heavy atom. The molecule has 0 spiro atoms. The van der Waals surface area contributed by atoms with Crippen molar-refractivity contribution in [3.8, 4) is 0 Å². The van der Waals surface area contributed by atoms with Gasteiger partial charge in [-0.3, -0.25) is 4.90 Å². The quantitative estimate of drug-likeness (QED) is 0.600. The molecule has 1 aliphatic heterocycles. The minimum atomic E-state index is -1.45. The predicted molar refractivity (Wildman–Crippen MR) is 87.4 cm³/mol. The summed E-state index contributed by atoms with van der Waals surface area (Å²) in [5.74, 6) is 0.690. The van der Waals surface area contributed by atoms with Gasteiger partial charge in [-0.1, -0.05) is 72.9 Å². The fourth-order valence-electron chi connectivity index (χ4n) is 2.91. The Morgan fingerprint density at radius 3 is 2.63 bits per heavy atom. The van der Waals surface area contributed by atoms with Crippen molar-refractivity contribution in [1.29, 1.82) is 0 Å². The molecule has 1 aromatic rings. The van der Waals surface area contributed by atoms with E-state index in [-0.39, 0.29) is 0 Å². The molecule has 0 saturated carbocycles. The van der Waals surface area contributed by atoms with Gasteiger partial charge in [-0.2, -0.15) is 0 Å². The zero-order valence-corrected chi connectivity index (χ0v) is 13.4. The van der Waals surface area contributed by atoms with Crippen LogP contribution in [0.5, 0.6) is 0 Å². The molecule has 2 rings (SSSR count). The summed E-state index contributed by atoms with van der Waals surface area (Å²) in [6, 6.07) is 11.0. The summed E-state index contributed by atoms with van der Waals surface area (Å²) in [6.07, 6.45) is 2.01. The first-order valence-corrected chi connectivity index (χ1v) is 10.2. The minimum absolute atomic E-state index is 0.690. The molecule has 1 fully saturated rings. The van der Waals surface area contributed by atoms with E-state index in [4.69, 9.17) is 0 Å². The molecule has 1 aromatic carbocycles. The summed E-state index contributed by atoms with van der Waals surface area (Å²) >= 11 is 0. The van der Waals surface area contributed by atoms with Crippen LogP contribution >= 0.6 is 0 Å². The second-order valence-electron chi connectivity index (χ2n) is 6.19. The minimum Gasteiger partial charge on any atom is -0.295 e. The van der Waals surface area contributed by atoms with Gasteiger partial charge in [-0.15, -0.1) is 6.58 Å². The van der Waals surface area contributed by atoms with Crippen LogP contribution in [-0.2, 0) is 0 Å². The molecule has 1 nitrogen and oxygen atoms in total. The zero-order chi connectivity index (χ0) is 13.9. The average molecular weight is 271 g/mol. The summed E-state index contributed by atoms with van der Waals surface area (Å²) in [5, 5.41) is 1.52. The normalized spacial score (nSPS) is 22.9. The molecule has 102 valence electrons. The average Bonchev–Trinajstić information content (AvgIpc) is 2.71. The highest BCUT2D eigenvalue weighted by molar-refractivity contribution is 6.94. The number of hydrogen-bond donors (Lipinski definition) is 0.